The second-order valence-electron chi connectivity index (χ2n) is 6.64. The van der Waals surface area contributed by atoms with E-state index in [1.165, 1.54) is 5.56 Å². The first-order valence-electron chi connectivity index (χ1n) is 8.30. The van der Waals surface area contributed by atoms with Gasteiger partial charge in [-0.05, 0) is 42.9 Å². The maximum absolute atomic E-state index is 10.9. The van der Waals surface area contributed by atoms with Gasteiger partial charge in [0.15, 0.2) is 0 Å². The molecule has 1 aliphatic heterocycles. The summed E-state index contributed by atoms with van der Waals surface area (Å²) in [7, 11) is 0. The normalized spacial score (nSPS) is 16.9. The van der Waals surface area contributed by atoms with Crippen molar-refractivity contribution in [3.63, 3.8) is 0 Å². The Kier molecular flexibility index (Phi) is 5.37. The van der Waals surface area contributed by atoms with Gasteiger partial charge in [-0.3, -0.25) is 0 Å². The molecule has 1 aromatic carbocycles. The average Bonchev–Trinajstić information content (AvgIpc) is 2.56. The molecule has 2 heterocycles. The van der Waals surface area contributed by atoms with Gasteiger partial charge in [-0.15, -0.1) is 0 Å². The Morgan fingerprint density at radius 2 is 2.08 bits per heavy atom. The van der Waals surface area contributed by atoms with Gasteiger partial charge in [-0.2, -0.15) is 0 Å². The van der Waals surface area contributed by atoms with Crippen LogP contribution in [0.15, 0.2) is 12.3 Å². The fourth-order valence-corrected chi connectivity index (χ4v) is 3.93. The van der Waals surface area contributed by atoms with E-state index in [4.69, 9.17) is 16.6 Å². The summed E-state index contributed by atoms with van der Waals surface area (Å²) in [6.45, 7) is 8.01. The van der Waals surface area contributed by atoms with E-state index in [0.717, 1.165) is 47.4 Å². The van der Waals surface area contributed by atoms with E-state index in [2.05, 4.69) is 24.1 Å². The Morgan fingerprint density at radius 1 is 1.38 bits per heavy atom. The third-order valence-corrected chi connectivity index (χ3v) is 5.64. The van der Waals surface area contributed by atoms with Gasteiger partial charge in [-0.1, -0.05) is 25.4 Å². The minimum absolute atomic E-state index is 0.116. The van der Waals surface area contributed by atoms with E-state index in [1.807, 2.05) is 23.5 Å². The molecule has 2 aromatic rings. The van der Waals surface area contributed by atoms with E-state index in [-0.39, 0.29) is 11.9 Å². The highest BCUT2D eigenvalue weighted by Crippen LogP contribution is 2.32. The molecule has 0 unspecified atom stereocenters. The number of nitrogens with one attached hydrogen (secondary N) is 1. The van der Waals surface area contributed by atoms with Crippen molar-refractivity contribution in [1.29, 1.82) is 0 Å². The van der Waals surface area contributed by atoms with Crippen LogP contribution in [0.1, 0.15) is 43.7 Å². The fourth-order valence-electron chi connectivity index (χ4n) is 3.31. The second kappa shape index (κ2) is 7.33. The van der Waals surface area contributed by atoms with Gasteiger partial charge in [0.05, 0.1) is 17.4 Å². The van der Waals surface area contributed by atoms with Crippen molar-refractivity contribution in [1.82, 2.24) is 14.3 Å². The molecular formula is C17H23ClN4OS. The van der Waals surface area contributed by atoms with Crippen LogP contribution in [0.5, 0.6) is 0 Å². The molecule has 130 valence electrons. The predicted octanol–water partition coefficient (Wildman–Crippen LogP) is 3.45. The number of hydrogen-bond acceptors (Lipinski definition) is 4. The summed E-state index contributed by atoms with van der Waals surface area (Å²) >= 11 is 6.47. The number of piperidine rings is 1. The van der Waals surface area contributed by atoms with Gasteiger partial charge < -0.3 is 5.32 Å². The summed E-state index contributed by atoms with van der Waals surface area (Å²) in [5.41, 5.74) is 3.24. The summed E-state index contributed by atoms with van der Waals surface area (Å²) in [5.74, 6) is 0.998. The molecule has 24 heavy (non-hydrogen) atoms. The summed E-state index contributed by atoms with van der Waals surface area (Å²) in [5, 5.41) is 5.17. The molecule has 0 spiro atoms. The highest BCUT2D eigenvalue weighted by atomic mass is 35.5. The van der Waals surface area contributed by atoms with Crippen LogP contribution >= 0.6 is 11.6 Å². The molecule has 1 aromatic heterocycles. The first kappa shape index (κ1) is 17.6. The monoisotopic (exact) mass is 366 g/mol. The summed E-state index contributed by atoms with van der Waals surface area (Å²) in [6, 6.07) is 2.25. The predicted molar refractivity (Wildman–Crippen MR) is 101 cm³/mol. The van der Waals surface area contributed by atoms with Crippen LogP contribution in [0.2, 0.25) is 5.02 Å². The van der Waals surface area contributed by atoms with E-state index >= 15 is 0 Å². The Morgan fingerprint density at radius 3 is 2.71 bits per heavy atom. The molecule has 1 aliphatic rings. The number of benzene rings is 1. The standard InChI is InChI=1S/C17H23ClN4OS/c1-10(2)15-11(3)14(18)8-12-9-19-17(21-16(12)15)20-13-4-6-22(24-23)7-5-13/h8-10,13,24H,4-7H2,1-3H3,(H,19,20,21). The molecule has 0 bridgehead atoms. The largest absolute Gasteiger partial charge is 0.351 e. The lowest BCUT2D eigenvalue weighted by molar-refractivity contribution is 0.350. The lowest BCUT2D eigenvalue weighted by Crippen LogP contribution is -2.37. The third kappa shape index (κ3) is 3.55. The number of fused-ring (bicyclic) bond motifs is 1. The number of rotatable bonds is 4. The zero-order chi connectivity index (χ0) is 17.3. The topological polar surface area (TPSA) is 58.1 Å². The van der Waals surface area contributed by atoms with Gasteiger partial charge in [0.25, 0.3) is 0 Å². The lowest BCUT2D eigenvalue weighted by atomic mass is 9.95. The summed E-state index contributed by atoms with van der Waals surface area (Å²) < 4.78 is 12.8. The van der Waals surface area contributed by atoms with Crippen molar-refractivity contribution in [3.8, 4) is 0 Å². The van der Waals surface area contributed by atoms with E-state index in [0.29, 0.717) is 17.9 Å². The number of halogens is 1. The van der Waals surface area contributed by atoms with Gasteiger partial charge >= 0.3 is 0 Å². The third-order valence-electron chi connectivity index (χ3n) is 4.61. The molecule has 1 N–H and O–H groups in total. The molecular weight excluding hydrogens is 344 g/mol. The van der Waals surface area contributed by atoms with Gasteiger partial charge in [0.2, 0.25) is 5.95 Å². The Hall–Kier alpha value is -1.24. The fraction of sp³-hybridized carbons (Fsp3) is 0.529. The Bertz CT molecular complexity index is 760. The van der Waals surface area contributed by atoms with Crippen molar-refractivity contribution >= 4 is 40.3 Å². The maximum atomic E-state index is 10.9. The Balaban J connectivity index is 1.89. The molecule has 1 saturated heterocycles. The smallest absolute Gasteiger partial charge is 0.223 e. The minimum Gasteiger partial charge on any atom is -0.351 e. The van der Waals surface area contributed by atoms with Crippen LogP contribution in [0.25, 0.3) is 10.9 Å². The number of aromatic nitrogens is 2. The molecule has 0 radical (unpaired) electrons. The van der Waals surface area contributed by atoms with Crippen molar-refractivity contribution in [2.24, 2.45) is 0 Å². The average molecular weight is 367 g/mol. The Labute approximate surface area is 151 Å². The zero-order valence-electron chi connectivity index (χ0n) is 14.2. The van der Waals surface area contributed by atoms with E-state index in [9.17, 15) is 4.21 Å². The van der Waals surface area contributed by atoms with Crippen LogP contribution < -0.4 is 5.32 Å². The van der Waals surface area contributed by atoms with Crippen molar-refractivity contribution < 1.29 is 4.21 Å². The molecule has 7 heteroatoms. The summed E-state index contributed by atoms with van der Waals surface area (Å²) in [6.07, 6.45) is 3.72. The van der Waals surface area contributed by atoms with Gasteiger partial charge in [-0.25, -0.2) is 18.5 Å². The van der Waals surface area contributed by atoms with Gasteiger partial charge in [0, 0.05) is 35.7 Å². The molecule has 0 amide bonds. The van der Waals surface area contributed by atoms with Crippen molar-refractivity contribution in [2.45, 2.75) is 45.6 Å². The molecule has 0 aliphatic carbocycles. The minimum atomic E-state index is 0.116. The number of nitrogens with zero attached hydrogens (tertiary/aromatic N) is 3. The number of hydrogen-bond donors (Lipinski definition) is 2. The van der Waals surface area contributed by atoms with Crippen LogP contribution in [0, 0.1) is 6.92 Å². The van der Waals surface area contributed by atoms with Crippen LogP contribution in [-0.2, 0) is 11.9 Å². The van der Waals surface area contributed by atoms with Gasteiger partial charge in [0.1, 0.15) is 0 Å². The number of anilines is 1. The second-order valence-corrected chi connectivity index (χ2v) is 7.77. The molecule has 3 rings (SSSR count). The lowest BCUT2D eigenvalue weighted by Gasteiger charge is -2.28. The molecule has 0 saturated carbocycles. The maximum Gasteiger partial charge on any atom is 0.223 e. The van der Waals surface area contributed by atoms with E-state index < -0.39 is 0 Å². The van der Waals surface area contributed by atoms with Crippen molar-refractivity contribution in [3.05, 3.63) is 28.4 Å². The SMILES string of the molecule is Cc1c(Cl)cc2cnc(NC3CCN([SH]=O)CC3)nc2c1C(C)C. The molecule has 5 nitrogen and oxygen atoms in total. The number of thiol groups is 1. The first-order valence-corrected chi connectivity index (χ1v) is 9.44. The van der Waals surface area contributed by atoms with Crippen LogP contribution in [-0.4, -0.2) is 37.6 Å². The van der Waals surface area contributed by atoms with Crippen LogP contribution in [0.3, 0.4) is 0 Å². The van der Waals surface area contributed by atoms with Crippen molar-refractivity contribution in [2.75, 3.05) is 18.4 Å². The first-order chi connectivity index (χ1) is 11.5. The zero-order valence-corrected chi connectivity index (χ0v) is 15.9. The highest BCUT2D eigenvalue weighted by molar-refractivity contribution is 7.62. The molecule has 0 atom stereocenters. The quantitative estimate of drug-likeness (QED) is 0.814. The van der Waals surface area contributed by atoms with E-state index in [1.54, 1.807) is 0 Å². The molecule has 1 fully saturated rings. The highest BCUT2D eigenvalue weighted by Gasteiger charge is 2.20. The van der Waals surface area contributed by atoms with Crippen LogP contribution in [0.4, 0.5) is 5.95 Å². The summed E-state index contributed by atoms with van der Waals surface area (Å²) in [4.78, 5) is 9.23.